The number of imide groups is 1. The van der Waals surface area contributed by atoms with Crippen LogP contribution in [0.15, 0.2) is 36.4 Å². The maximum Gasteiger partial charge on any atom is 0.340 e. The Bertz CT molecular complexity index is 721. The molecule has 3 aliphatic carbocycles. The lowest BCUT2D eigenvalue weighted by atomic mass is 9.63. The quantitative estimate of drug-likeness (QED) is 0.487. The van der Waals surface area contributed by atoms with E-state index in [0.717, 1.165) is 12.8 Å². The molecule has 1 aromatic carbocycles. The van der Waals surface area contributed by atoms with Crippen molar-refractivity contribution in [1.29, 1.82) is 0 Å². The molecule has 1 saturated carbocycles. The zero-order valence-electron chi connectivity index (χ0n) is 13.5. The molecule has 24 heavy (non-hydrogen) atoms. The fourth-order valence-electron chi connectivity index (χ4n) is 4.36. The molecule has 2 bridgehead atoms. The number of esters is 1. The first-order valence-corrected chi connectivity index (χ1v) is 8.45. The van der Waals surface area contributed by atoms with Gasteiger partial charge in [-0.2, -0.15) is 0 Å². The van der Waals surface area contributed by atoms with Crippen LogP contribution in [0.1, 0.15) is 30.1 Å². The number of rotatable bonds is 3. The Labute approximate surface area is 140 Å². The summed E-state index contributed by atoms with van der Waals surface area (Å²) in [5.41, 5.74) is 0.611. The van der Waals surface area contributed by atoms with Crippen LogP contribution in [-0.4, -0.2) is 24.4 Å². The lowest BCUT2D eigenvalue weighted by Gasteiger charge is -2.38. The molecule has 0 aromatic heterocycles. The van der Waals surface area contributed by atoms with Gasteiger partial charge in [-0.3, -0.25) is 9.59 Å². The van der Waals surface area contributed by atoms with Crippen molar-refractivity contribution >= 4 is 23.5 Å². The standard InChI is InChI=1S/C19H19NO4/c1-2-24-19(23)13-5-3-4-6-14(13)20-17(21)15-11-7-8-12(10-9-11)16(15)18(20)22/h3-8,11-12,15-16H,2,9-10H2,1H3. The molecule has 5 nitrogen and oxygen atoms in total. The van der Waals surface area contributed by atoms with Crippen molar-refractivity contribution in [3.05, 3.63) is 42.0 Å². The number of anilines is 1. The summed E-state index contributed by atoms with van der Waals surface area (Å²) >= 11 is 0. The number of para-hydroxylation sites is 1. The summed E-state index contributed by atoms with van der Waals surface area (Å²) in [5, 5.41) is 0. The van der Waals surface area contributed by atoms with Crippen LogP contribution in [-0.2, 0) is 14.3 Å². The minimum atomic E-state index is -0.510. The number of allylic oxidation sites excluding steroid dienone is 2. The van der Waals surface area contributed by atoms with Crippen LogP contribution in [0.2, 0.25) is 0 Å². The summed E-state index contributed by atoms with van der Waals surface area (Å²) in [6.45, 7) is 1.97. The van der Waals surface area contributed by atoms with Gasteiger partial charge >= 0.3 is 5.97 Å². The molecule has 0 radical (unpaired) electrons. The molecule has 1 saturated heterocycles. The molecule has 5 rings (SSSR count). The maximum atomic E-state index is 13.0. The first kappa shape index (κ1) is 15.1. The van der Waals surface area contributed by atoms with Crippen molar-refractivity contribution in [2.45, 2.75) is 19.8 Å². The smallest absolute Gasteiger partial charge is 0.340 e. The predicted molar refractivity (Wildman–Crippen MR) is 87.2 cm³/mol. The molecule has 2 fully saturated rings. The van der Waals surface area contributed by atoms with Crippen molar-refractivity contribution in [3.63, 3.8) is 0 Å². The summed E-state index contributed by atoms with van der Waals surface area (Å²) < 4.78 is 5.07. The lowest BCUT2D eigenvalue weighted by Crippen LogP contribution is -2.38. The van der Waals surface area contributed by atoms with Gasteiger partial charge in [0.2, 0.25) is 11.8 Å². The van der Waals surface area contributed by atoms with Gasteiger partial charge in [-0.05, 0) is 43.7 Å². The van der Waals surface area contributed by atoms with Gasteiger partial charge in [-0.25, -0.2) is 9.69 Å². The van der Waals surface area contributed by atoms with Crippen molar-refractivity contribution in [3.8, 4) is 0 Å². The van der Waals surface area contributed by atoms with Gasteiger partial charge in [0, 0.05) is 0 Å². The average molecular weight is 325 g/mol. The van der Waals surface area contributed by atoms with E-state index < -0.39 is 5.97 Å². The van der Waals surface area contributed by atoms with E-state index in [1.807, 2.05) is 0 Å². The lowest BCUT2D eigenvalue weighted by molar-refractivity contribution is -0.124. The molecule has 124 valence electrons. The van der Waals surface area contributed by atoms with Crippen LogP contribution in [0.4, 0.5) is 5.69 Å². The van der Waals surface area contributed by atoms with Gasteiger partial charge < -0.3 is 4.74 Å². The second-order valence-electron chi connectivity index (χ2n) is 6.59. The van der Waals surface area contributed by atoms with Gasteiger partial charge in [0.25, 0.3) is 0 Å². The normalized spacial score (nSPS) is 30.6. The number of carbonyl (C=O) groups is 3. The summed E-state index contributed by atoms with van der Waals surface area (Å²) in [6, 6.07) is 6.68. The first-order chi connectivity index (χ1) is 11.6. The highest BCUT2D eigenvalue weighted by atomic mass is 16.5. The van der Waals surface area contributed by atoms with E-state index in [9.17, 15) is 14.4 Å². The molecule has 0 spiro atoms. The molecule has 4 atom stereocenters. The second kappa shape index (κ2) is 5.58. The second-order valence-corrected chi connectivity index (χ2v) is 6.59. The highest BCUT2D eigenvalue weighted by Crippen LogP contribution is 2.50. The molecular weight excluding hydrogens is 306 g/mol. The van der Waals surface area contributed by atoms with Crippen molar-refractivity contribution in [2.75, 3.05) is 11.5 Å². The monoisotopic (exact) mass is 325 g/mol. The molecule has 2 amide bonds. The maximum absolute atomic E-state index is 13.0. The predicted octanol–water partition coefficient (Wildman–Crippen LogP) is 2.56. The summed E-state index contributed by atoms with van der Waals surface area (Å²) in [4.78, 5) is 39.4. The highest BCUT2D eigenvalue weighted by Gasteiger charge is 2.57. The van der Waals surface area contributed by atoms with E-state index in [1.165, 1.54) is 4.90 Å². The topological polar surface area (TPSA) is 63.7 Å². The Morgan fingerprint density at radius 3 is 2.21 bits per heavy atom. The molecule has 4 unspecified atom stereocenters. The molecule has 1 aromatic rings. The third kappa shape index (κ3) is 2.04. The zero-order valence-corrected chi connectivity index (χ0v) is 13.5. The molecule has 5 heteroatoms. The number of nitrogens with zero attached hydrogens (tertiary/aromatic N) is 1. The third-order valence-corrected chi connectivity index (χ3v) is 5.40. The van der Waals surface area contributed by atoms with Gasteiger partial charge in [0.15, 0.2) is 0 Å². The zero-order chi connectivity index (χ0) is 16.8. The fraction of sp³-hybridized carbons (Fsp3) is 0.421. The Balaban J connectivity index is 1.75. The molecule has 4 aliphatic rings. The Morgan fingerprint density at radius 2 is 1.67 bits per heavy atom. The number of ether oxygens (including phenoxy) is 1. The van der Waals surface area contributed by atoms with Crippen LogP contribution in [0.5, 0.6) is 0 Å². The summed E-state index contributed by atoms with van der Waals surface area (Å²) in [7, 11) is 0. The van der Waals surface area contributed by atoms with E-state index in [4.69, 9.17) is 4.74 Å². The van der Waals surface area contributed by atoms with E-state index in [-0.39, 0.29) is 47.7 Å². The van der Waals surface area contributed by atoms with Crippen molar-refractivity contribution in [1.82, 2.24) is 0 Å². The number of fused-ring (bicyclic) bond motifs is 1. The minimum Gasteiger partial charge on any atom is -0.462 e. The molecule has 1 heterocycles. The van der Waals surface area contributed by atoms with Gasteiger partial charge in [0.1, 0.15) is 0 Å². The minimum absolute atomic E-state index is 0.135. The van der Waals surface area contributed by atoms with E-state index in [1.54, 1.807) is 31.2 Å². The van der Waals surface area contributed by atoms with Crippen molar-refractivity contribution < 1.29 is 19.1 Å². The average Bonchev–Trinajstić information content (AvgIpc) is 2.89. The summed E-state index contributed by atoms with van der Waals surface area (Å²) in [5.74, 6) is -1.16. The largest absolute Gasteiger partial charge is 0.462 e. The van der Waals surface area contributed by atoms with Gasteiger partial charge in [0.05, 0.1) is 29.7 Å². The summed E-state index contributed by atoms with van der Waals surface area (Å²) in [6.07, 6.45) is 6.08. The van der Waals surface area contributed by atoms with Crippen LogP contribution in [0, 0.1) is 23.7 Å². The van der Waals surface area contributed by atoms with Gasteiger partial charge in [-0.15, -0.1) is 0 Å². The van der Waals surface area contributed by atoms with E-state index >= 15 is 0 Å². The highest BCUT2D eigenvalue weighted by molar-refractivity contribution is 6.24. The SMILES string of the molecule is CCOC(=O)c1ccccc1N1C(=O)C2C3C=CC(CC3)C2C1=O. The van der Waals surface area contributed by atoms with Crippen molar-refractivity contribution in [2.24, 2.45) is 23.7 Å². The molecular formula is C19H19NO4. The number of amides is 2. The third-order valence-electron chi connectivity index (χ3n) is 5.40. The first-order valence-electron chi connectivity index (χ1n) is 8.45. The van der Waals surface area contributed by atoms with Crippen LogP contribution < -0.4 is 4.90 Å². The van der Waals surface area contributed by atoms with E-state index in [2.05, 4.69) is 12.2 Å². The fourth-order valence-corrected chi connectivity index (χ4v) is 4.36. The van der Waals surface area contributed by atoms with Crippen LogP contribution in [0.3, 0.4) is 0 Å². The number of hydrogen-bond acceptors (Lipinski definition) is 4. The molecule has 0 N–H and O–H groups in total. The number of hydrogen-bond donors (Lipinski definition) is 0. The number of carbonyl (C=O) groups excluding carboxylic acids is 3. The molecule has 1 aliphatic heterocycles. The van der Waals surface area contributed by atoms with E-state index in [0.29, 0.717) is 5.69 Å². The Hall–Kier alpha value is -2.43. The van der Waals surface area contributed by atoms with Gasteiger partial charge in [-0.1, -0.05) is 24.3 Å². The number of benzene rings is 1. The van der Waals surface area contributed by atoms with Crippen LogP contribution in [0.25, 0.3) is 0 Å². The Morgan fingerprint density at radius 1 is 1.08 bits per heavy atom. The Kier molecular flexibility index (Phi) is 3.52. The van der Waals surface area contributed by atoms with Crippen LogP contribution >= 0.6 is 0 Å².